The summed E-state index contributed by atoms with van der Waals surface area (Å²) in [5.41, 5.74) is 3.76. The molecule has 2 unspecified atom stereocenters. The van der Waals surface area contributed by atoms with Crippen LogP contribution < -0.4 is 14.8 Å². The second-order valence-electron chi connectivity index (χ2n) is 10.3. The largest absolute Gasteiger partial charge is 0.508 e. The van der Waals surface area contributed by atoms with Crippen molar-refractivity contribution in [2.24, 2.45) is 0 Å². The molecule has 2 N–H and O–H groups in total. The zero-order valence-corrected chi connectivity index (χ0v) is 22.8. The monoisotopic (exact) mass is 543 g/mol. The molecule has 0 bridgehead atoms. The number of fused-ring (bicyclic) bond motifs is 5. The van der Waals surface area contributed by atoms with E-state index in [1.54, 1.807) is 31.2 Å². The molecule has 0 amide bonds. The number of hydrogen-bond donors (Lipinski definition) is 2. The number of nitrogens with one attached hydrogen (secondary N) is 1. The molecule has 2 aliphatic rings. The van der Waals surface area contributed by atoms with Gasteiger partial charge in [0.25, 0.3) is 0 Å². The molecule has 1 fully saturated rings. The van der Waals surface area contributed by atoms with E-state index >= 15 is 0 Å². The van der Waals surface area contributed by atoms with Crippen LogP contribution in [-0.4, -0.2) is 38.5 Å². The van der Waals surface area contributed by atoms with Crippen molar-refractivity contribution in [3.8, 4) is 28.4 Å². The number of aromatic hydroxyl groups is 1. The second-order valence-corrected chi connectivity index (χ2v) is 12.6. The smallest absolute Gasteiger partial charge is 0.178 e. The van der Waals surface area contributed by atoms with Crippen LogP contribution in [0.4, 0.5) is 0 Å². The van der Waals surface area contributed by atoms with Gasteiger partial charge in [0, 0.05) is 17.2 Å². The van der Waals surface area contributed by atoms with E-state index in [0.29, 0.717) is 18.4 Å². The summed E-state index contributed by atoms with van der Waals surface area (Å²) in [5, 5.41) is 15.5. The Morgan fingerprint density at radius 2 is 1.79 bits per heavy atom. The molecule has 39 heavy (non-hydrogen) atoms. The van der Waals surface area contributed by atoms with Gasteiger partial charge in [-0.1, -0.05) is 43.7 Å². The van der Waals surface area contributed by atoms with Crippen molar-refractivity contribution >= 4 is 20.6 Å². The number of benzene rings is 4. The number of phenols is 1. The lowest BCUT2D eigenvalue weighted by atomic mass is 9.86. The van der Waals surface area contributed by atoms with E-state index in [1.165, 1.54) is 19.3 Å². The summed E-state index contributed by atoms with van der Waals surface area (Å²) in [4.78, 5) is 0.257. The molecule has 6 nitrogen and oxygen atoms in total. The maximum atomic E-state index is 12.6. The van der Waals surface area contributed by atoms with Crippen LogP contribution in [0.25, 0.3) is 21.9 Å². The molecular formula is C32H33NO5S. The van der Waals surface area contributed by atoms with Gasteiger partial charge in [0.05, 0.1) is 17.3 Å². The predicted molar refractivity (Wildman–Crippen MR) is 153 cm³/mol. The van der Waals surface area contributed by atoms with Gasteiger partial charge in [0.2, 0.25) is 0 Å². The molecule has 202 valence electrons. The summed E-state index contributed by atoms with van der Waals surface area (Å²) in [7, 11) is -3.38. The maximum Gasteiger partial charge on any atom is 0.178 e. The fourth-order valence-electron chi connectivity index (χ4n) is 5.69. The van der Waals surface area contributed by atoms with E-state index in [9.17, 15) is 13.5 Å². The van der Waals surface area contributed by atoms with Crippen LogP contribution >= 0.6 is 0 Å². The first-order valence-electron chi connectivity index (χ1n) is 13.7. The third kappa shape index (κ3) is 5.09. The number of phenolic OH excluding ortho intramolecular Hbond substituents is 1. The van der Waals surface area contributed by atoms with Gasteiger partial charge in [-0.05, 0) is 90.2 Å². The molecule has 4 aromatic rings. The van der Waals surface area contributed by atoms with Crippen molar-refractivity contribution in [1.82, 2.24) is 5.32 Å². The zero-order valence-electron chi connectivity index (χ0n) is 22.0. The van der Waals surface area contributed by atoms with Gasteiger partial charge in [-0.3, -0.25) is 0 Å². The minimum Gasteiger partial charge on any atom is -0.508 e. The molecule has 2 atom stereocenters. The first-order chi connectivity index (χ1) is 18.9. The van der Waals surface area contributed by atoms with Gasteiger partial charge in [0.15, 0.2) is 15.9 Å². The number of sulfone groups is 1. The summed E-state index contributed by atoms with van der Waals surface area (Å²) in [6.07, 6.45) is 4.26. The third-order valence-corrected chi connectivity index (χ3v) is 9.60. The number of hydrogen-bond acceptors (Lipinski definition) is 6. The Morgan fingerprint density at radius 1 is 0.974 bits per heavy atom. The van der Waals surface area contributed by atoms with Crippen LogP contribution in [-0.2, 0) is 9.84 Å². The van der Waals surface area contributed by atoms with Crippen LogP contribution in [0.1, 0.15) is 49.8 Å². The Hall–Kier alpha value is -3.55. The van der Waals surface area contributed by atoms with Crippen molar-refractivity contribution in [3.63, 3.8) is 0 Å². The highest BCUT2D eigenvalue weighted by atomic mass is 32.2. The van der Waals surface area contributed by atoms with Gasteiger partial charge < -0.3 is 19.9 Å². The minimum atomic E-state index is -3.38. The SMILES string of the molecule is CCS(=O)(=O)c1ccc2c(c1)OC(c1ccc(OCCC3CCCCN3)cc1)c1c-2ccc2cc(O)ccc12. The van der Waals surface area contributed by atoms with Crippen LogP contribution in [0, 0.1) is 0 Å². The van der Waals surface area contributed by atoms with E-state index in [1.807, 2.05) is 48.5 Å². The lowest BCUT2D eigenvalue weighted by molar-refractivity contribution is 0.244. The lowest BCUT2D eigenvalue weighted by Gasteiger charge is -2.31. The lowest BCUT2D eigenvalue weighted by Crippen LogP contribution is -2.35. The molecule has 0 aliphatic carbocycles. The second kappa shape index (κ2) is 10.5. The standard InChI is InChI=1S/C32H33NO5S/c1-2-39(35,36)26-12-15-28-29-13-8-22-19-24(34)9-14-27(22)31(29)32(38-30(28)20-26)21-6-10-25(11-7-21)37-18-16-23-5-3-4-17-33-23/h6-15,19-20,23,32-34H,2-5,16-18H2,1H3. The maximum absolute atomic E-state index is 12.6. The minimum absolute atomic E-state index is 0.0260. The molecular weight excluding hydrogens is 510 g/mol. The Bertz CT molecular complexity index is 1610. The molecule has 7 heteroatoms. The fraction of sp³-hybridized carbons (Fsp3) is 0.312. The zero-order chi connectivity index (χ0) is 27.0. The summed E-state index contributed by atoms with van der Waals surface area (Å²) < 4.78 is 37.9. The summed E-state index contributed by atoms with van der Waals surface area (Å²) in [6.45, 7) is 3.39. The van der Waals surface area contributed by atoms with Gasteiger partial charge in [-0.2, -0.15) is 0 Å². The highest BCUT2D eigenvalue weighted by Crippen LogP contribution is 2.48. The first-order valence-corrected chi connectivity index (χ1v) is 15.3. The Morgan fingerprint density at radius 3 is 2.56 bits per heavy atom. The number of ether oxygens (including phenoxy) is 2. The first kappa shape index (κ1) is 25.7. The van der Waals surface area contributed by atoms with E-state index in [2.05, 4.69) is 5.32 Å². The fourth-order valence-corrected chi connectivity index (χ4v) is 6.59. The highest BCUT2D eigenvalue weighted by Gasteiger charge is 2.30. The van der Waals surface area contributed by atoms with Crippen molar-refractivity contribution in [3.05, 3.63) is 83.9 Å². The van der Waals surface area contributed by atoms with Gasteiger partial charge in [-0.25, -0.2) is 8.42 Å². The molecule has 2 aliphatic heterocycles. The molecule has 0 aromatic heterocycles. The Kier molecular flexibility index (Phi) is 6.95. The van der Waals surface area contributed by atoms with E-state index in [4.69, 9.17) is 9.47 Å². The van der Waals surface area contributed by atoms with Crippen molar-refractivity contribution in [2.45, 2.75) is 49.6 Å². The molecule has 0 radical (unpaired) electrons. The van der Waals surface area contributed by atoms with Crippen LogP contribution in [0.2, 0.25) is 0 Å². The van der Waals surface area contributed by atoms with Gasteiger partial charge >= 0.3 is 0 Å². The van der Waals surface area contributed by atoms with Crippen LogP contribution in [0.3, 0.4) is 0 Å². The molecule has 2 heterocycles. The Labute approximate surface area is 229 Å². The number of rotatable bonds is 7. The average Bonchev–Trinajstić information content (AvgIpc) is 2.97. The highest BCUT2D eigenvalue weighted by molar-refractivity contribution is 7.91. The number of piperidine rings is 1. The molecule has 0 saturated carbocycles. The summed E-state index contributed by atoms with van der Waals surface area (Å²) in [5.74, 6) is 1.58. The van der Waals surface area contributed by atoms with Crippen LogP contribution in [0.15, 0.2) is 77.7 Å². The van der Waals surface area contributed by atoms with Crippen molar-refractivity contribution < 1.29 is 23.0 Å². The average molecular weight is 544 g/mol. The summed E-state index contributed by atoms with van der Waals surface area (Å²) >= 11 is 0. The predicted octanol–water partition coefficient (Wildman–Crippen LogP) is 6.40. The Balaban J connectivity index is 1.35. The molecule has 4 aromatic carbocycles. The van der Waals surface area contributed by atoms with Gasteiger partial charge in [-0.15, -0.1) is 0 Å². The van der Waals surface area contributed by atoms with Crippen molar-refractivity contribution in [1.29, 1.82) is 0 Å². The normalized spacial score (nSPS) is 18.7. The third-order valence-electron chi connectivity index (χ3n) is 7.86. The molecule has 0 spiro atoms. The van der Waals surface area contributed by atoms with E-state index in [-0.39, 0.29) is 16.4 Å². The molecule has 1 saturated heterocycles. The van der Waals surface area contributed by atoms with Gasteiger partial charge in [0.1, 0.15) is 17.2 Å². The quantitative estimate of drug-likeness (QED) is 0.281. The van der Waals surface area contributed by atoms with Crippen molar-refractivity contribution in [2.75, 3.05) is 18.9 Å². The molecule has 6 rings (SSSR count). The van der Waals surface area contributed by atoms with Crippen LogP contribution in [0.5, 0.6) is 17.2 Å². The van der Waals surface area contributed by atoms with E-state index in [0.717, 1.165) is 51.7 Å². The summed E-state index contributed by atoms with van der Waals surface area (Å²) in [6, 6.07) is 23.0. The van der Waals surface area contributed by atoms with E-state index < -0.39 is 15.9 Å². The topological polar surface area (TPSA) is 84.9 Å².